The van der Waals surface area contributed by atoms with Crippen LogP contribution in [0, 0.1) is 5.92 Å². The third-order valence-electron chi connectivity index (χ3n) is 6.62. The molecule has 4 aromatic heterocycles. The first kappa shape index (κ1) is 21.6. The quantitative estimate of drug-likeness (QED) is 0.448. The normalized spacial score (nSPS) is 17.6. The summed E-state index contributed by atoms with van der Waals surface area (Å²) in [7, 11) is 1.78. The number of nitrogens with one attached hydrogen (secondary N) is 2. The van der Waals surface area contributed by atoms with Gasteiger partial charge in [0.15, 0.2) is 11.5 Å². The van der Waals surface area contributed by atoms with E-state index in [1.807, 2.05) is 29.3 Å². The maximum Gasteiger partial charge on any atom is 0.251 e. The number of carbonyl (C=O) groups is 1. The fraction of sp³-hybridized carbons (Fsp3) is 0.375. The lowest BCUT2D eigenvalue weighted by Crippen LogP contribution is -2.39. The first-order chi connectivity index (χ1) is 16.9. The summed E-state index contributed by atoms with van der Waals surface area (Å²) < 4.78 is 28.8. The second kappa shape index (κ2) is 8.10. The predicted octanol–water partition coefficient (Wildman–Crippen LogP) is 3.97. The molecule has 0 aromatic carbocycles. The fourth-order valence-electron chi connectivity index (χ4n) is 4.42. The highest BCUT2D eigenvalue weighted by molar-refractivity contribution is 6.03. The molecule has 6 rings (SSSR count). The monoisotopic (exact) mass is 478 g/mol. The van der Waals surface area contributed by atoms with E-state index < -0.39 is 5.92 Å². The first-order valence-electron chi connectivity index (χ1n) is 11.7. The van der Waals surface area contributed by atoms with E-state index >= 15 is 0 Å². The van der Waals surface area contributed by atoms with Gasteiger partial charge in [0, 0.05) is 67.6 Å². The standard InChI is InChI=1S/C24H24F2N8O/c1-27-21-17-11-28-19(30-23(35)14-2-3-14)10-16(17)18(12-29-21)22-31-20-5-4-15(13-34(20)32-22)33-8-6-24(25,26)7-9-33/h4-5,10-14H,2-3,6-9H2,1H3,(H,27,29)(H,28,30,35). The third-order valence-corrected chi connectivity index (χ3v) is 6.62. The number of piperidine rings is 1. The van der Waals surface area contributed by atoms with Crippen LogP contribution in [0.3, 0.4) is 0 Å². The highest BCUT2D eigenvalue weighted by Crippen LogP contribution is 2.34. The third kappa shape index (κ3) is 4.11. The lowest BCUT2D eigenvalue weighted by atomic mass is 10.1. The minimum Gasteiger partial charge on any atom is -0.373 e. The summed E-state index contributed by atoms with van der Waals surface area (Å²) in [5.74, 6) is -0.951. The molecular weight excluding hydrogens is 454 g/mol. The molecule has 4 aromatic rings. The molecule has 180 valence electrons. The van der Waals surface area contributed by atoms with Crippen molar-refractivity contribution in [1.82, 2.24) is 24.6 Å². The molecule has 2 fully saturated rings. The van der Waals surface area contributed by atoms with Gasteiger partial charge in [-0.15, -0.1) is 5.10 Å². The second-order valence-corrected chi connectivity index (χ2v) is 9.12. The number of hydrogen-bond acceptors (Lipinski definition) is 7. The molecule has 0 bridgehead atoms. The zero-order valence-corrected chi connectivity index (χ0v) is 19.1. The SMILES string of the molecule is CNc1ncc(-c2nc3ccc(N4CCC(F)(F)CC4)cn3n2)c2cc(NC(=O)C3CC3)ncc12. The first-order valence-corrected chi connectivity index (χ1v) is 11.7. The Morgan fingerprint density at radius 2 is 1.91 bits per heavy atom. The van der Waals surface area contributed by atoms with Crippen LogP contribution in [0.4, 0.5) is 26.1 Å². The van der Waals surface area contributed by atoms with E-state index in [0.29, 0.717) is 41.8 Å². The lowest BCUT2D eigenvalue weighted by molar-refractivity contribution is -0.117. The van der Waals surface area contributed by atoms with Crippen LogP contribution in [-0.4, -0.2) is 56.5 Å². The zero-order chi connectivity index (χ0) is 24.2. The Hall–Kier alpha value is -3.89. The van der Waals surface area contributed by atoms with Gasteiger partial charge >= 0.3 is 0 Å². The summed E-state index contributed by atoms with van der Waals surface area (Å²) in [6, 6.07) is 5.53. The van der Waals surface area contributed by atoms with Gasteiger partial charge in [0.25, 0.3) is 5.92 Å². The summed E-state index contributed by atoms with van der Waals surface area (Å²) >= 11 is 0. The van der Waals surface area contributed by atoms with Crippen molar-refractivity contribution in [3.05, 3.63) is 36.8 Å². The Morgan fingerprint density at radius 3 is 2.66 bits per heavy atom. The Balaban J connectivity index is 1.37. The fourth-order valence-corrected chi connectivity index (χ4v) is 4.42. The van der Waals surface area contributed by atoms with Crippen molar-refractivity contribution in [2.75, 3.05) is 35.7 Å². The molecule has 2 aliphatic rings. The largest absolute Gasteiger partial charge is 0.373 e. The molecule has 1 saturated heterocycles. The molecule has 11 heteroatoms. The van der Waals surface area contributed by atoms with E-state index in [4.69, 9.17) is 0 Å². The molecule has 0 unspecified atom stereocenters. The highest BCUT2D eigenvalue weighted by atomic mass is 19.3. The Bertz CT molecular complexity index is 1440. The summed E-state index contributed by atoms with van der Waals surface area (Å²) in [6.07, 6.45) is 6.70. The number of amides is 1. The number of hydrogen-bond donors (Lipinski definition) is 2. The number of pyridine rings is 3. The van der Waals surface area contributed by atoms with Crippen LogP contribution in [0.25, 0.3) is 27.8 Å². The van der Waals surface area contributed by atoms with Gasteiger partial charge in [0.2, 0.25) is 5.91 Å². The van der Waals surface area contributed by atoms with Gasteiger partial charge in [-0.05, 0) is 31.0 Å². The van der Waals surface area contributed by atoms with Crippen molar-refractivity contribution in [1.29, 1.82) is 0 Å². The number of aromatic nitrogens is 5. The van der Waals surface area contributed by atoms with E-state index in [2.05, 4.69) is 30.7 Å². The number of alkyl halides is 2. The molecule has 1 amide bonds. The maximum absolute atomic E-state index is 13.6. The second-order valence-electron chi connectivity index (χ2n) is 9.12. The van der Waals surface area contributed by atoms with E-state index in [9.17, 15) is 13.6 Å². The molecule has 1 aliphatic heterocycles. The number of carbonyl (C=O) groups excluding carboxylic acids is 1. The summed E-state index contributed by atoms with van der Waals surface area (Å²) in [5, 5.41) is 12.2. The number of rotatable bonds is 5. The molecule has 0 radical (unpaired) electrons. The van der Waals surface area contributed by atoms with Crippen LogP contribution in [0.1, 0.15) is 25.7 Å². The van der Waals surface area contributed by atoms with Crippen LogP contribution < -0.4 is 15.5 Å². The smallest absolute Gasteiger partial charge is 0.251 e. The Labute approximate surface area is 199 Å². The van der Waals surface area contributed by atoms with Crippen LogP contribution in [-0.2, 0) is 4.79 Å². The lowest BCUT2D eigenvalue weighted by Gasteiger charge is -2.33. The predicted molar refractivity (Wildman–Crippen MR) is 129 cm³/mol. The van der Waals surface area contributed by atoms with Crippen LogP contribution in [0.15, 0.2) is 36.8 Å². The van der Waals surface area contributed by atoms with Crippen molar-refractivity contribution in [2.24, 2.45) is 5.92 Å². The summed E-state index contributed by atoms with van der Waals surface area (Å²) in [6.45, 7) is 0.588. The molecule has 35 heavy (non-hydrogen) atoms. The average molecular weight is 479 g/mol. The molecule has 9 nitrogen and oxygen atoms in total. The van der Waals surface area contributed by atoms with Crippen LogP contribution >= 0.6 is 0 Å². The van der Waals surface area contributed by atoms with E-state index in [1.165, 1.54) is 0 Å². The minimum absolute atomic E-state index is 0.0184. The molecular formula is C24H24F2N8O. The number of anilines is 3. The van der Waals surface area contributed by atoms with Crippen molar-refractivity contribution in [3.8, 4) is 11.4 Å². The van der Waals surface area contributed by atoms with Gasteiger partial charge in [-0.3, -0.25) is 4.79 Å². The molecule has 2 N–H and O–H groups in total. The average Bonchev–Trinajstić information content (AvgIpc) is 3.62. The van der Waals surface area contributed by atoms with Gasteiger partial charge in [0.1, 0.15) is 11.6 Å². The van der Waals surface area contributed by atoms with E-state index in [1.54, 1.807) is 24.0 Å². The molecule has 5 heterocycles. The molecule has 1 saturated carbocycles. The summed E-state index contributed by atoms with van der Waals surface area (Å²) in [4.78, 5) is 27.8. The van der Waals surface area contributed by atoms with E-state index in [0.717, 1.165) is 29.3 Å². The van der Waals surface area contributed by atoms with Gasteiger partial charge in [-0.25, -0.2) is 28.2 Å². The molecule has 1 aliphatic carbocycles. The van der Waals surface area contributed by atoms with Crippen LogP contribution in [0.5, 0.6) is 0 Å². The topological polar surface area (TPSA) is 100 Å². The number of fused-ring (bicyclic) bond motifs is 2. The van der Waals surface area contributed by atoms with Crippen LogP contribution in [0.2, 0.25) is 0 Å². The highest BCUT2D eigenvalue weighted by Gasteiger charge is 2.34. The zero-order valence-electron chi connectivity index (χ0n) is 19.1. The Morgan fingerprint density at radius 1 is 1.11 bits per heavy atom. The van der Waals surface area contributed by atoms with Gasteiger partial charge in [-0.2, -0.15) is 0 Å². The van der Waals surface area contributed by atoms with E-state index in [-0.39, 0.29) is 24.7 Å². The van der Waals surface area contributed by atoms with Crippen molar-refractivity contribution < 1.29 is 13.6 Å². The van der Waals surface area contributed by atoms with Crippen molar-refractivity contribution in [3.63, 3.8) is 0 Å². The Kier molecular flexibility index (Phi) is 5.01. The van der Waals surface area contributed by atoms with Gasteiger partial charge < -0.3 is 15.5 Å². The summed E-state index contributed by atoms with van der Waals surface area (Å²) in [5.41, 5.74) is 2.16. The van der Waals surface area contributed by atoms with Gasteiger partial charge in [-0.1, -0.05) is 0 Å². The van der Waals surface area contributed by atoms with Crippen molar-refractivity contribution >= 4 is 39.6 Å². The number of halogens is 2. The minimum atomic E-state index is -2.60. The maximum atomic E-state index is 13.6. The van der Waals surface area contributed by atoms with Gasteiger partial charge in [0.05, 0.1) is 11.9 Å². The molecule has 0 atom stereocenters. The number of nitrogens with zero attached hydrogens (tertiary/aromatic N) is 6. The van der Waals surface area contributed by atoms with Crippen molar-refractivity contribution in [2.45, 2.75) is 31.6 Å². The molecule has 0 spiro atoms.